The Bertz CT molecular complexity index is 647. The van der Waals surface area contributed by atoms with Crippen LogP contribution in [0.2, 0.25) is 0 Å². The fourth-order valence-corrected chi connectivity index (χ4v) is 2.03. The van der Waals surface area contributed by atoms with E-state index in [2.05, 4.69) is 39.8 Å². The fourth-order valence-electron chi connectivity index (χ4n) is 2.03. The number of pyridine rings is 2. The van der Waals surface area contributed by atoms with E-state index in [9.17, 15) is 0 Å². The molecule has 4 nitrogen and oxygen atoms in total. The third-order valence-corrected chi connectivity index (χ3v) is 3.02. The van der Waals surface area contributed by atoms with Crippen molar-refractivity contribution in [3.05, 3.63) is 90.1 Å². The standard InChI is InChI=1S/2C9H7N.HNO/c2*1-2-6-9-8(4-1)5-3-7-10-9;1-2/h2*1-7H;1H. The molecular weight excluding hydrogens is 274 g/mol. The largest absolute Gasteiger partial charge is 0.256 e. The summed E-state index contributed by atoms with van der Waals surface area (Å²) in [5, 5.41) is 2.40. The van der Waals surface area contributed by atoms with Gasteiger partial charge in [0.15, 0.2) is 0 Å². The topological polar surface area (TPSA) is 66.7 Å². The molecule has 0 fully saturated rings. The monoisotopic (exact) mass is 289 g/mol. The lowest BCUT2D eigenvalue weighted by atomic mass is 10.2. The Labute approximate surface area is 128 Å². The Morgan fingerprint density at radius 2 is 0.909 bits per heavy atom. The molecule has 0 saturated carbocycles. The van der Waals surface area contributed by atoms with E-state index in [1.54, 1.807) is 0 Å². The molecule has 0 aliphatic heterocycles. The van der Waals surface area contributed by atoms with Gasteiger partial charge in [0.05, 0.1) is 11.0 Å². The highest BCUT2D eigenvalue weighted by molar-refractivity contribution is 5.78. The number of benzene rings is 2. The van der Waals surface area contributed by atoms with Gasteiger partial charge in [0.2, 0.25) is 0 Å². The van der Waals surface area contributed by atoms with Gasteiger partial charge >= 0.3 is 0 Å². The number of nitrogens with zero attached hydrogens (tertiary/aromatic N) is 2. The van der Waals surface area contributed by atoms with Crippen LogP contribution in [-0.4, -0.2) is 9.97 Å². The minimum Gasteiger partial charge on any atom is -0.256 e. The Hall–Kier alpha value is -3.14. The molecule has 0 bridgehead atoms. The molecule has 0 saturated heterocycles. The SMILES string of the molecule is N=O.c1ccc2ncccc2c1.c1ccc2ncccc2c1. The number of nitroso groups, excluding NO2 is 1. The Morgan fingerprint density at radius 3 is 1.32 bits per heavy atom. The number of nitrogens with one attached hydrogen (secondary N) is 1. The summed E-state index contributed by atoms with van der Waals surface area (Å²) in [4.78, 5) is 15.9. The molecule has 0 unspecified atom stereocenters. The lowest BCUT2D eigenvalue weighted by Gasteiger charge is -1.91. The van der Waals surface area contributed by atoms with Crippen molar-refractivity contribution in [2.45, 2.75) is 0 Å². The number of para-hydroxylation sites is 2. The summed E-state index contributed by atoms with van der Waals surface area (Å²) < 4.78 is 0. The van der Waals surface area contributed by atoms with Crippen LogP contribution in [0.3, 0.4) is 0 Å². The molecule has 4 aromatic rings. The van der Waals surface area contributed by atoms with Crippen LogP contribution in [-0.2, 0) is 0 Å². The summed E-state index contributed by atoms with van der Waals surface area (Å²) in [5.41, 5.74) is 6.62. The zero-order valence-electron chi connectivity index (χ0n) is 11.9. The zero-order valence-corrected chi connectivity index (χ0v) is 11.9. The van der Waals surface area contributed by atoms with Gasteiger partial charge in [0.1, 0.15) is 0 Å². The van der Waals surface area contributed by atoms with Crippen LogP contribution >= 0.6 is 0 Å². The molecule has 108 valence electrons. The van der Waals surface area contributed by atoms with Gasteiger partial charge in [-0.3, -0.25) is 9.97 Å². The summed E-state index contributed by atoms with van der Waals surface area (Å²) >= 11 is 0. The first-order chi connectivity index (χ1) is 10.9. The number of hydrogen-bond acceptors (Lipinski definition) is 4. The Morgan fingerprint density at radius 1 is 0.545 bits per heavy atom. The van der Waals surface area contributed by atoms with Gasteiger partial charge in [-0.1, -0.05) is 54.1 Å². The van der Waals surface area contributed by atoms with E-state index >= 15 is 0 Å². The molecule has 0 atom stereocenters. The van der Waals surface area contributed by atoms with E-state index in [4.69, 9.17) is 4.91 Å². The molecule has 0 radical (unpaired) electrons. The molecule has 1 N–H and O–H groups in total. The van der Waals surface area contributed by atoms with E-state index in [1.165, 1.54) is 10.8 Å². The third kappa shape index (κ3) is 3.93. The van der Waals surface area contributed by atoms with Crippen LogP contribution in [0.1, 0.15) is 0 Å². The van der Waals surface area contributed by atoms with Crippen LogP contribution in [0.4, 0.5) is 0 Å². The first-order valence-electron chi connectivity index (χ1n) is 6.73. The van der Waals surface area contributed by atoms with Gasteiger partial charge < -0.3 is 0 Å². The van der Waals surface area contributed by atoms with Crippen molar-refractivity contribution in [3.63, 3.8) is 0 Å². The molecule has 4 rings (SSSR count). The quantitative estimate of drug-likeness (QED) is 0.473. The highest BCUT2D eigenvalue weighted by Gasteiger charge is 1.87. The van der Waals surface area contributed by atoms with E-state index in [0.29, 0.717) is 0 Å². The highest BCUT2D eigenvalue weighted by Crippen LogP contribution is 2.08. The first kappa shape index (κ1) is 15.3. The maximum Gasteiger partial charge on any atom is 0.0701 e. The van der Waals surface area contributed by atoms with Crippen molar-refractivity contribution in [1.29, 1.82) is 5.59 Å². The van der Waals surface area contributed by atoms with Crippen LogP contribution in [0, 0.1) is 10.5 Å². The average molecular weight is 289 g/mol. The zero-order chi connectivity index (χ0) is 15.6. The van der Waals surface area contributed by atoms with Crippen LogP contribution in [0.5, 0.6) is 0 Å². The highest BCUT2D eigenvalue weighted by atomic mass is 16.2. The first-order valence-corrected chi connectivity index (χ1v) is 6.73. The summed E-state index contributed by atoms with van der Waals surface area (Å²) in [7, 11) is 0. The molecule has 0 aliphatic carbocycles. The minimum absolute atomic E-state index is 1.06. The molecule has 0 amide bonds. The van der Waals surface area contributed by atoms with E-state index in [1.807, 2.05) is 60.9 Å². The summed E-state index contributed by atoms with van der Waals surface area (Å²) in [6, 6.07) is 24.2. The second kappa shape index (κ2) is 8.21. The number of fused-ring (bicyclic) bond motifs is 2. The normalized spacial score (nSPS) is 9.27. The molecule has 4 heteroatoms. The second-order valence-electron chi connectivity index (χ2n) is 4.39. The van der Waals surface area contributed by atoms with Crippen molar-refractivity contribution in [2.75, 3.05) is 0 Å². The second-order valence-corrected chi connectivity index (χ2v) is 4.39. The smallest absolute Gasteiger partial charge is 0.0701 e. The molecule has 0 spiro atoms. The van der Waals surface area contributed by atoms with Gasteiger partial charge in [0, 0.05) is 23.2 Å². The van der Waals surface area contributed by atoms with E-state index in [-0.39, 0.29) is 0 Å². The average Bonchev–Trinajstić information content (AvgIpc) is 2.64. The van der Waals surface area contributed by atoms with Crippen molar-refractivity contribution >= 4 is 21.8 Å². The lowest BCUT2D eigenvalue weighted by molar-refractivity contribution is 1.41. The van der Waals surface area contributed by atoms with Crippen LogP contribution in [0.15, 0.2) is 85.2 Å². The maximum absolute atomic E-state index is 7.50. The van der Waals surface area contributed by atoms with E-state index in [0.717, 1.165) is 11.0 Å². The molecule has 22 heavy (non-hydrogen) atoms. The third-order valence-electron chi connectivity index (χ3n) is 3.02. The van der Waals surface area contributed by atoms with Gasteiger partial charge in [-0.15, -0.1) is 0 Å². The van der Waals surface area contributed by atoms with Gasteiger partial charge in [0.25, 0.3) is 0 Å². The van der Waals surface area contributed by atoms with Gasteiger partial charge in [-0.05, 0) is 24.3 Å². The van der Waals surface area contributed by atoms with Gasteiger partial charge in [-0.25, -0.2) is 0 Å². The summed E-state index contributed by atoms with van der Waals surface area (Å²) in [6.07, 6.45) is 3.62. The molecule has 0 aliphatic rings. The van der Waals surface area contributed by atoms with Crippen molar-refractivity contribution < 1.29 is 0 Å². The molecule has 2 heterocycles. The minimum atomic E-state index is 1.06. The predicted octanol–water partition coefficient (Wildman–Crippen LogP) is 4.80. The predicted molar refractivity (Wildman–Crippen MR) is 89.6 cm³/mol. The molecular formula is C18H15N3O. The lowest BCUT2D eigenvalue weighted by Crippen LogP contribution is -1.73. The van der Waals surface area contributed by atoms with Crippen molar-refractivity contribution in [3.8, 4) is 0 Å². The molecule has 2 aromatic carbocycles. The fraction of sp³-hybridized carbons (Fsp3) is 0. The maximum atomic E-state index is 7.50. The Balaban J connectivity index is 0.000000144. The molecule has 2 aromatic heterocycles. The number of rotatable bonds is 0. The number of aromatic nitrogens is 2. The number of hydrogen-bond donors (Lipinski definition) is 1. The van der Waals surface area contributed by atoms with E-state index < -0.39 is 0 Å². The van der Waals surface area contributed by atoms with Crippen LogP contribution < -0.4 is 0 Å². The van der Waals surface area contributed by atoms with Crippen molar-refractivity contribution in [2.24, 2.45) is 0 Å². The van der Waals surface area contributed by atoms with Crippen LogP contribution in [0.25, 0.3) is 21.8 Å². The van der Waals surface area contributed by atoms with Gasteiger partial charge in [-0.2, -0.15) is 4.91 Å². The summed E-state index contributed by atoms with van der Waals surface area (Å²) in [5.74, 6) is 0. The Kier molecular flexibility index (Phi) is 5.70. The summed E-state index contributed by atoms with van der Waals surface area (Å²) in [6.45, 7) is 0. The van der Waals surface area contributed by atoms with Crippen molar-refractivity contribution in [1.82, 2.24) is 9.97 Å².